The Morgan fingerprint density at radius 3 is 2.60 bits per heavy atom. The fourth-order valence-electron chi connectivity index (χ4n) is 3.60. The van der Waals surface area contributed by atoms with Crippen LogP contribution in [-0.2, 0) is 4.79 Å². The van der Waals surface area contributed by atoms with E-state index in [9.17, 15) is 4.79 Å². The number of thioether (sulfide) groups is 1. The third kappa shape index (κ3) is 4.83. The van der Waals surface area contributed by atoms with Crippen molar-refractivity contribution in [3.63, 3.8) is 0 Å². The van der Waals surface area contributed by atoms with E-state index in [1.807, 2.05) is 53.2 Å². The molecule has 4 rings (SSSR count). The standard InChI is InChI=1S/C22H26N6OS/c1-2-26-12-14-27(15-13-26)20-11-7-6-10-19(20)25-21(29)16-30-22-23-17-24-28(22)18-8-4-3-5-9-18/h3-11,17H,2,12-16H2,1H3,(H,25,29)/p+1. The SMILES string of the molecule is CCN1CCN(c2ccccc2NC(=O)CSc2nc[nH][n+]2-c2ccccc2)CC1. The van der Waals surface area contributed by atoms with Crippen LogP contribution in [0.15, 0.2) is 66.1 Å². The van der Waals surface area contributed by atoms with Gasteiger partial charge in [0.15, 0.2) is 5.69 Å². The van der Waals surface area contributed by atoms with Crippen LogP contribution in [0.5, 0.6) is 0 Å². The third-order valence-corrected chi connectivity index (χ3v) is 6.19. The third-order valence-electron chi connectivity index (χ3n) is 5.24. The summed E-state index contributed by atoms with van der Waals surface area (Å²) in [6.45, 7) is 7.32. The number of hydrogen-bond donors (Lipinski definition) is 2. The summed E-state index contributed by atoms with van der Waals surface area (Å²) < 4.78 is 1.87. The Balaban J connectivity index is 1.38. The summed E-state index contributed by atoms with van der Waals surface area (Å²) in [5.41, 5.74) is 2.94. The van der Waals surface area contributed by atoms with Crippen LogP contribution in [-0.4, -0.2) is 59.4 Å². The van der Waals surface area contributed by atoms with Crippen LogP contribution in [0.2, 0.25) is 0 Å². The maximum atomic E-state index is 12.7. The van der Waals surface area contributed by atoms with E-state index >= 15 is 0 Å². The molecular formula is C22H27N6OS+. The molecule has 2 N–H and O–H groups in total. The zero-order valence-electron chi connectivity index (χ0n) is 17.1. The van der Waals surface area contributed by atoms with Crippen molar-refractivity contribution < 1.29 is 9.48 Å². The van der Waals surface area contributed by atoms with E-state index in [-0.39, 0.29) is 11.7 Å². The van der Waals surface area contributed by atoms with Crippen molar-refractivity contribution in [1.29, 1.82) is 0 Å². The average Bonchev–Trinajstić information content (AvgIpc) is 3.27. The molecule has 0 unspecified atom stereocenters. The van der Waals surface area contributed by atoms with Gasteiger partial charge in [0.25, 0.3) is 0 Å². The van der Waals surface area contributed by atoms with Crippen molar-refractivity contribution in [2.24, 2.45) is 0 Å². The van der Waals surface area contributed by atoms with Gasteiger partial charge < -0.3 is 15.1 Å². The molecule has 2 heterocycles. The summed E-state index contributed by atoms with van der Waals surface area (Å²) >= 11 is 1.41. The second-order valence-electron chi connectivity index (χ2n) is 7.12. The summed E-state index contributed by atoms with van der Waals surface area (Å²) in [5.74, 6) is 0.248. The predicted octanol–water partition coefficient (Wildman–Crippen LogP) is 2.56. The summed E-state index contributed by atoms with van der Waals surface area (Å²) in [7, 11) is 0. The number of carbonyl (C=O) groups excluding carboxylic acids is 1. The monoisotopic (exact) mass is 423 g/mol. The smallest absolute Gasteiger partial charge is 0.367 e. The highest BCUT2D eigenvalue weighted by atomic mass is 32.2. The lowest BCUT2D eigenvalue weighted by atomic mass is 10.2. The number of para-hydroxylation sites is 3. The quantitative estimate of drug-likeness (QED) is 0.452. The molecule has 0 radical (unpaired) electrons. The first-order valence-corrected chi connectivity index (χ1v) is 11.2. The molecule has 1 aromatic heterocycles. The predicted molar refractivity (Wildman–Crippen MR) is 120 cm³/mol. The number of piperazine rings is 1. The van der Waals surface area contributed by atoms with Gasteiger partial charge in [-0.3, -0.25) is 4.79 Å². The number of aromatic nitrogens is 3. The Morgan fingerprint density at radius 1 is 1.10 bits per heavy atom. The molecule has 7 nitrogen and oxygen atoms in total. The maximum Gasteiger partial charge on any atom is 0.385 e. The van der Waals surface area contributed by atoms with Crippen LogP contribution in [0.3, 0.4) is 0 Å². The van der Waals surface area contributed by atoms with Crippen LogP contribution in [0.4, 0.5) is 11.4 Å². The van der Waals surface area contributed by atoms with Crippen molar-refractivity contribution in [2.75, 3.05) is 48.7 Å². The second-order valence-corrected chi connectivity index (χ2v) is 8.06. The van der Waals surface area contributed by atoms with Gasteiger partial charge in [0.2, 0.25) is 12.2 Å². The number of aromatic amines is 1. The molecule has 30 heavy (non-hydrogen) atoms. The number of benzene rings is 2. The molecule has 0 aliphatic carbocycles. The van der Waals surface area contributed by atoms with Crippen LogP contribution in [0.25, 0.3) is 5.69 Å². The molecule has 3 aromatic rings. The highest BCUT2D eigenvalue weighted by Gasteiger charge is 2.21. The first-order chi connectivity index (χ1) is 14.7. The molecular weight excluding hydrogens is 396 g/mol. The van der Waals surface area contributed by atoms with E-state index in [1.165, 1.54) is 11.8 Å². The van der Waals surface area contributed by atoms with Crippen molar-refractivity contribution in [3.8, 4) is 5.69 Å². The molecule has 1 aliphatic rings. The summed E-state index contributed by atoms with van der Waals surface area (Å²) in [6.07, 6.45) is 1.64. The lowest BCUT2D eigenvalue weighted by Crippen LogP contribution is -2.46. The van der Waals surface area contributed by atoms with E-state index in [2.05, 4.69) is 38.2 Å². The Labute approximate surface area is 181 Å². The lowest BCUT2D eigenvalue weighted by molar-refractivity contribution is -0.694. The molecule has 1 saturated heterocycles. The van der Waals surface area contributed by atoms with Crippen LogP contribution < -0.4 is 14.9 Å². The summed E-state index contributed by atoms with van der Waals surface area (Å²) in [6, 6.07) is 18.0. The van der Waals surface area contributed by atoms with E-state index in [0.717, 1.165) is 54.9 Å². The van der Waals surface area contributed by atoms with Gasteiger partial charge in [0.1, 0.15) is 0 Å². The molecule has 0 atom stereocenters. The Hall–Kier alpha value is -2.84. The van der Waals surface area contributed by atoms with Crippen molar-refractivity contribution in [2.45, 2.75) is 12.1 Å². The average molecular weight is 424 g/mol. The number of likely N-dealkylation sites (N-methyl/N-ethyl adjacent to an activating group) is 1. The lowest BCUT2D eigenvalue weighted by Gasteiger charge is -2.36. The first-order valence-electron chi connectivity index (χ1n) is 10.2. The fourth-order valence-corrected chi connectivity index (χ4v) is 4.34. The number of H-pyrrole nitrogens is 1. The summed E-state index contributed by atoms with van der Waals surface area (Å²) in [4.78, 5) is 21.8. The number of nitrogens with zero attached hydrogens (tertiary/aromatic N) is 4. The molecule has 1 fully saturated rings. The Morgan fingerprint density at radius 2 is 1.83 bits per heavy atom. The van der Waals surface area contributed by atoms with E-state index in [0.29, 0.717) is 0 Å². The molecule has 1 aliphatic heterocycles. The van der Waals surface area contributed by atoms with Crippen molar-refractivity contribution in [1.82, 2.24) is 15.0 Å². The molecule has 1 amide bonds. The van der Waals surface area contributed by atoms with E-state index in [4.69, 9.17) is 0 Å². The second kappa shape index (κ2) is 9.77. The number of nitrogens with one attached hydrogen (secondary N) is 2. The maximum absolute atomic E-state index is 12.7. The number of amides is 1. The van der Waals surface area contributed by atoms with Crippen LogP contribution in [0, 0.1) is 0 Å². The van der Waals surface area contributed by atoms with E-state index < -0.39 is 0 Å². The first kappa shape index (κ1) is 20.4. The zero-order valence-corrected chi connectivity index (χ0v) is 17.9. The molecule has 8 heteroatoms. The zero-order chi connectivity index (χ0) is 20.8. The largest absolute Gasteiger partial charge is 0.385 e. The molecule has 2 aromatic carbocycles. The van der Waals surface area contributed by atoms with Gasteiger partial charge in [-0.15, -0.1) is 4.68 Å². The van der Waals surface area contributed by atoms with Gasteiger partial charge in [0.05, 0.1) is 17.1 Å². The molecule has 0 spiro atoms. The number of anilines is 2. The number of rotatable bonds is 7. The van der Waals surface area contributed by atoms with E-state index in [1.54, 1.807) is 6.33 Å². The van der Waals surface area contributed by atoms with Gasteiger partial charge in [-0.05, 0) is 47.6 Å². The van der Waals surface area contributed by atoms with Gasteiger partial charge in [0, 0.05) is 26.2 Å². The highest BCUT2D eigenvalue weighted by Crippen LogP contribution is 2.27. The molecule has 0 bridgehead atoms. The minimum absolute atomic E-state index is 0.0396. The molecule has 0 saturated carbocycles. The normalized spacial score (nSPS) is 14.6. The minimum Gasteiger partial charge on any atom is -0.367 e. The molecule has 156 valence electrons. The van der Waals surface area contributed by atoms with Crippen molar-refractivity contribution in [3.05, 3.63) is 60.9 Å². The Bertz CT molecular complexity index is 969. The minimum atomic E-state index is -0.0396. The van der Waals surface area contributed by atoms with Crippen molar-refractivity contribution >= 4 is 29.0 Å². The van der Waals surface area contributed by atoms with Gasteiger partial charge in [-0.1, -0.05) is 37.3 Å². The van der Waals surface area contributed by atoms with Gasteiger partial charge in [-0.2, -0.15) is 5.10 Å². The number of carbonyl (C=O) groups is 1. The Kier molecular flexibility index (Phi) is 6.66. The van der Waals surface area contributed by atoms with Gasteiger partial charge in [-0.25, -0.2) is 0 Å². The van der Waals surface area contributed by atoms with Crippen LogP contribution >= 0.6 is 11.8 Å². The summed E-state index contributed by atoms with van der Waals surface area (Å²) in [5, 5.41) is 6.94. The fraction of sp³-hybridized carbons (Fsp3) is 0.318. The highest BCUT2D eigenvalue weighted by molar-refractivity contribution is 7.99. The number of hydrogen-bond acceptors (Lipinski definition) is 5. The van der Waals surface area contributed by atoms with Gasteiger partial charge >= 0.3 is 5.16 Å². The topological polar surface area (TPSA) is 68.1 Å². The van der Waals surface area contributed by atoms with Crippen LogP contribution in [0.1, 0.15) is 6.92 Å².